The van der Waals surface area contributed by atoms with Crippen LogP contribution in [0.2, 0.25) is 0 Å². The molecule has 0 aromatic heterocycles. The van der Waals surface area contributed by atoms with E-state index in [1.54, 1.807) is 13.0 Å². The maximum atomic E-state index is 12.6. The molecule has 24 heavy (non-hydrogen) atoms. The van der Waals surface area contributed by atoms with E-state index in [1.165, 1.54) is 7.11 Å². The number of phenols is 1. The minimum absolute atomic E-state index is 0.00340. The number of benzene rings is 1. The first kappa shape index (κ1) is 16.8. The molecule has 0 saturated carbocycles. The summed E-state index contributed by atoms with van der Waals surface area (Å²) in [5.41, 5.74) is -1.11. The van der Waals surface area contributed by atoms with Gasteiger partial charge in [-0.1, -0.05) is 0 Å². The number of Topliss-reactive ketones (excluding diaryl/α,β-unsaturated/α-hetero) is 1. The van der Waals surface area contributed by atoms with Crippen LogP contribution in [0.3, 0.4) is 0 Å². The van der Waals surface area contributed by atoms with Gasteiger partial charge in [0.25, 0.3) is 0 Å². The van der Waals surface area contributed by atoms with Gasteiger partial charge < -0.3 is 19.3 Å². The highest BCUT2D eigenvalue weighted by molar-refractivity contribution is 9.10. The molecule has 1 aromatic rings. The second-order valence-electron chi connectivity index (χ2n) is 5.83. The first-order valence-electron chi connectivity index (χ1n) is 7.32. The van der Waals surface area contributed by atoms with Crippen molar-refractivity contribution in [1.29, 1.82) is 0 Å². The minimum atomic E-state index is -1.74. The third-order valence-electron chi connectivity index (χ3n) is 4.31. The molecule has 1 N–H and O–H groups in total. The number of phenolic OH excluding ortho intramolecular Hbond substituents is 1. The summed E-state index contributed by atoms with van der Waals surface area (Å²) < 4.78 is 16.2. The summed E-state index contributed by atoms with van der Waals surface area (Å²) in [6.45, 7) is 1.71. The largest absolute Gasteiger partial charge is 0.506 e. The highest BCUT2D eigenvalue weighted by Crippen LogP contribution is 2.46. The van der Waals surface area contributed by atoms with Crippen molar-refractivity contribution in [2.45, 2.75) is 37.9 Å². The van der Waals surface area contributed by atoms with Gasteiger partial charge in [-0.3, -0.25) is 9.59 Å². The number of methoxy groups -OCH3 is 1. The molecule has 2 aliphatic heterocycles. The van der Waals surface area contributed by atoms with Crippen molar-refractivity contribution in [2.24, 2.45) is 0 Å². The van der Waals surface area contributed by atoms with Gasteiger partial charge >= 0.3 is 11.9 Å². The van der Waals surface area contributed by atoms with Crippen molar-refractivity contribution >= 4 is 33.7 Å². The van der Waals surface area contributed by atoms with Crippen molar-refractivity contribution in [1.82, 2.24) is 0 Å². The zero-order valence-electron chi connectivity index (χ0n) is 13.1. The lowest BCUT2D eigenvalue weighted by Crippen LogP contribution is -2.58. The second-order valence-corrected chi connectivity index (χ2v) is 6.62. The van der Waals surface area contributed by atoms with Crippen LogP contribution in [0.5, 0.6) is 11.5 Å². The van der Waals surface area contributed by atoms with E-state index >= 15 is 0 Å². The second kappa shape index (κ2) is 5.77. The van der Waals surface area contributed by atoms with Gasteiger partial charge in [0.05, 0.1) is 18.0 Å². The number of halogens is 1. The van der Waals surface area contributed by atoms with E-state index < -0.39 is 29.4 Å². The average molecular weight is 399 g/mol. The fourth-order valence-electron chi connectivity index (χ4n) is 3.11. The van der Waals surface area contributed by atoms with Crippen LogP contribution in [0.15, 0.2) is 10.5 Å². The number of rotatable bonds is 2. The average Bonchev–Trinajstić information content (AvgIpc) is 2.98. The molecule has 2 aliphatic rings. The summed E-state index contributed by atoms with van der Waals surface area (Å²) >= 11 is 3.21. The number of carbonyl (C=O) groups excluding carboxylic acids is 3. The first-order chi connectivity index (χ1) is 11.3. The molecule has 1 aromatic carbocycles. The van der Waals surface area contributed by atoms with Crippen LogP contribution in [0.4, 0.5) is 0 Å². The van der Waals surface area contributed by atoms with Crippen molar-refractivity contribution in [2.75, 3.05) is 7.11 Å². The quantitative estimate of drug-likeness (QED) is 0.760. The first-order valence-corrected chi connectivity index (χ1v) is 8.11. The normalized spacial score (nSPS) is 25.7. The van der Waals surface area contributed by atoms with Crippen LogP contribution >= 0.6 is 15.9 Å². The van der Waals surface area contributed by atoms with Crippen molar-refractivity contribution < 1.29 is 33.7 Å². The summed E-state index contributed by atoms with van der Waals surface area (Å²) in [7, 11) is 1.18. The molecule has 3 rings (SSSR count). The van der Waals surface area contributed by atoms with Gasteiger partial charge in [0.1, 0.15) is 17.1 Å². The van der Waals surface area contributed by atoms with Gasteiger partial charge in [-0.25, -0.2) is 4.79 Å². The number of aryl methyl sites for hydroxylation is 1. The van der Waals surface area contributed by atoms with Crippen LogP contribution in [0.1, 0.15) is 35.2 Å². The molecule has 7 nitrogen and oxygen atoms in total. The van der Waals surface area contributed by atoms with Gasteiger partial charge in [0, 0.05) is 6.42 Å². The zero-order chi connectivity index (χ0) is 17.6. The van der Waals surface area contributed by atoms with Crippen LogP contribution in [0.25, 0.3) is 0 Å². The molecule has 128 valence electrons. The van der Waals surface area contributed by atoms with Gasteiger partial charge in [-0.05, 0) is 40.9 Å². The predicted octanol–water partition coefficient (Wildman–Crippen LogP) is 2.05. The number of cyclic esters (lactones) is 1. The van der Waals surface area contributed by atoms with Crippen LogP contribution < -0.4 is 4.74 Å². The summed E-state index contributed by atoms with van der Waals surface area (Å²) in [6.07, 6.45) is -0.912. The molecule has 1 fully saturated rings. The molecule has 0 amide bonds. The van der Waals surface area contributed by atoms with E-state index in [2.05, 4.69) is 15.9 Å². The fourth-order valence-corrected chi connectivity index (χ4v) is 3.42. The molecule has 0 unspecified atom stereocenters. The number of hydrogen-bond donors (Lipinski definition) is 1. The lowest BCUT2D eigenvalue weighted by Gasteiger charge is -2.38. The summed E-state index contributed by atoms with van der Waals surface area (Å²) in [4.78, 5) is 36.5. The van der Waals surface area contributed by atoms with E-state index in [4.69, 9.17) is 14.2 Å². The highest BCUT2D eigenvalue weighted by atomic mass is 79.9. The maximum Gasteiger partial charge on any atom is 0.354 e. The molecule has 8 heteroatoms. The van der Waals surface area contributed by atoms with Gasteiger partial charge in [0.2, 0.25) is 5.60 Å². The molecular formula is C16H15BrO7. The van der Waals surface area contributed by atoms with E-state index in [1.807, 2.05) is 0 Å². The number of aromatic hydroxyl groups is 1. The molecular weight excluding hydrogens is 384 g/mol. The Morgan fingerprint density at radius 1 is 1.46 bits per heavy atom. The third-order valence-corrected chi connectivity index (χ3v) is 5.32. The zero-order valence-corrected chi connectivity index (χ0v) is 14.6. The van der Waals surface area contributed by atoms with E-state index in [0.29, 0.717) is 10.0 Å². The SMILES string of the molecule is COC(=O)[C@]1([C@@H]2CCC(=O)O2)CC(=O)c2c(cc(C)c(Br)c2O)O1. The van der Waals surface area contributed by atoms with Crippen molar-refractivity contribution in [3.05, 3.63) is 21.7 Å². The summed E-state index contributed by atoms with van der Waals surface area (Å²) in [5.74, 6) is -1.90. The summed E-state index contributed by atoms with van der Waals surface area (Å²) in [5, 5.41) is 10.2. The van der Waals surface area contributed by atoms with Gasteiger partial charge in [-0.2, -0.15) is 0 Å². The minimum Gasteiger partial charge on any atom is -0.506 e. The van der Waals surface area contributed by atoms with E-state index in [9.17, 15) is 19.5 Å². The summed E-state index contributed by atoms with van der Waals surface area (Å²) in [6, 6.07) is 1.55. The molecule has 0 bridgehead atoms. The van der Waals surface area contributed by atoms with E-state index in [-0.39, 0.29) is 36.3 Å². The third kappa shape index (κ3) is 2.36. The van der Waals surface area contributed by atoms with Crippen LogP contribution in [-0.4, -0.2) is 41.6 Å². The fraction of sp³-hybridized carbons (Fsp3) is 0.438. The molecule has 2 heterocycles. The monoisotopic (exact) mass is 398 g/mol. The molecule has 2 atom stereocenters. The van der Waals surface area contributed by atoms with Crippen molar-refractivity contribution in [3.63, 3.8) is 0 Å². The van der Waals surface area contributed by atoms with Crippen LogP contribution in [-0.2, 0) is 19.1 Å². The Hall–Kier alpha value is -2.09. The highest BCUT2D eigenvalue weighted by Gasteiger charge is 2.58. The number of hydrogen-bond acceptors (Lipinski definition) is 7. The Kier molecular flexibility index (Phi) is 4.03. The Morgan fingerprint density at radius 3 is 2.75 bits per heavy atom. The smallest absolute Gasteiger partial charge is 0.354 e. The number of ether oxygens (including phenoxy) is 3. The standard InChI is InChI=1S/C16H15BrO7/c1-7-5-9-12(14(20)13(7)17)8(18)6-16(24-9,15(21)22-2)10-3-4-11(19)23-10/h5,10,20H,3-4,6H2,1-2H3/t10-,16+/m0/s1. The Labute approximate surface area is 146 Å². The topological polar surface area (TPSA) is 99.1 Å². The number of fused-ring (bicyclic) bond motifs is 1. The number of ketones is 1. The number of carbonyl (C=O) groups is 3. The van der Waals surface area contributed by atoms with Crippen LogP contribution in [0, 0.1) is 6.92 Å². The lowest BCUT2D eigenvalue weighted by atomic mass is 9.83. The lowest BCUT2D eigenvalue weighted by molar-refractivity contribution is -0.175. The van der Waals surface area contributed by atoms with Gasteiger partial charge in [-0.15, -0.1) is 0 Å². The Bertz CT molecular complexity index is 757. The van der Waals surface area contributed by atoms with Gasteiger partial charge in [0.15, 0.2) is 11.9 Å². The number of esters is 2. The molecule has 0 radical (unpaired) electrons. The Morgan fingerprint density at radius 2 is 2.17 bits per heavy atom. The van der Waals surface area contributed by atoms with Crippen molar-refractivity contribution in [3.8, 4) is 11.5 Å². The molecule has 0 spiro atoms. The predicted molar refractivity (Wildman–Crippen MR) is 84.0 cm³/mol. The molecule has 1 saturated heterocycles. The Balaban J connectivity index is 2.13. The maximum absolute atomic E-state index is 12.6. The van der Waals surface area contributed by atoms with E-state index in [0.717, 1.165) is 0 Å². The molecule has 0 aliphatic carbocycles.